The first-order valence-corrected chi connectivity index (χ1v) is 8.39. The Morgan fingerprint density at radius 2 is 1.79 bits per heavy atom. The van der Waals surface area contributed by atoms with Crippen molar-refractivity contribution in [3.05, 3.63) is 30.1 Å². The van der Waals surface area contributed by atoms with E-state index in [0.717, 1.165) is 31.9 Å². The van der Waals surface area contributed by atoms with E-state index in [2.05, 4.69) is 35.6 Å². The molecule has 0 bridgehead atoms. The van der Waals surface area contributed by atoms with Gasteiger partial charge >= 0.3 is 0 Å². The van der Waals surface area contributed by atoms with Gasteiger partial charge in [0.15, 0.2) is 5.96 Å². The lowest BCUT2D eigenvalue weighted by atomic mass is 9.89. The molecular formula is C18H29FN4O. The number of nitrogens with two attached hydrogens (primary N) is 1. The number of hydrogen-bond acceptors (Lipinski definition) is 3. The number of halogens is 1. The van der Waals surface area contributed by atoms with Crippen LogP contribution in [0.5, 0.6) is 0 Å². The van der Waals surface area contributed by atoms with Gasteiger partial charge in [-0.2, -0.15) is 0 Å². The molecule has 1 unspecified atom stereocenters. The van der Waals surface area contributed by atoms with Gasteiger partial charge in [-0.25, -0.2) is 4.39 Å². The number of nitrogens with zero attached hydrogens (tertiary/aromatic N) is 3. The van der Waals surface area contributed by atoms with Gasteiger partial charge in [-0.1, -0.05) is 20.8 Å². The van der Waals surface area contributed by atoms with Gasteiger partial charge in [-0.05, 0) is 29.7 Å². The topological polar surface area (TPSA) is 54.1 Å². The van der Waals surface area contributed by atoms with E-state index in [4.69, 9.17) is 10.5 Å². The number of anilines is 1. The molecule has 2 rings (SSSR count). The van der Waals surface area contributed by atoms with Crippen molar-refractivity contribution in [3.8, 4) is 0 Å². The second-order valence-electron chi connectivity index (χ2n) is 7.24. The number of methoxy groups -OCH3 is 1. The van der Waals surface area contributed by atoms with Gasteiger partial charge in [0.25, 0.3) is 0 Å². The number of rotatable bonds is 4. The fourth-order valence-electron chi connectivity index (χ4n) is 2.82. The van der Waals surface area contributed by atoms with Crippen LogP contribution in [0.25, 0.3) is 0 Å². The first-order chi connectivity index (χ1) is 11.3. The predicted molar refractivity (Wildman–Crippen MR) is 96.9 cm³/mol. The van der Waals surface area contributed by atoms with E-state index in [1.54, 1.807) is 7.11 Å². The Morgan fingerprint density at radius 1 is 1.21 bits per heavy atom. The first kappa shape index (κ1) is 18.5. The van der Waals surface area contributed by atoms with Crippen LogP contribution in [0.4, 0.5) is 10.1 Å². The second kappa shape index (κ2) is 7.83. The maximum atomic E-state index is 13.0. The van der Waals surface area contributed by atoms with Crippen LogP contribution in [0, 0.1) is 11.2 Å². The van der Waals surface area contributed by atoms with Crippen molar-refractivity contribution >= 4 is 11.6 Å². The third kappa shape index (κ3) is 4.84. The molecule has 1 saturated heterocycles. The minimum atomic E-state index is -0.208. The van der Waals surface area contributed by atoms with E-state index < -0.39 is 0 Å². The zero-order chi connectivity index (χ0) is 17.7. The molecule has 1 atom stereocenters. The van der Waals surface area contributed by atoms with Gasteiger partial charge in [0.05, 0.1) is 12.6 Å². The summed E-state index contributed by atoms with van der Waals surface area (Å²) in [4.78, 5) is 8.85. The molecule has 1 aromatic carbocycles. The minimum absolute atomic E-state index is 0.0276. The summed E-state index contributed by atoms with van der Waals surface area (Å²) in [5.74, 6) is 0.361. The van der Waals surface area contributed by atoms with Crippen LogP contribution in [0.15, 0.2) is 29.3 Å². The molecule has 5 nitrogen and oxygen atoms in total. The van der Waals surface area contributed by atoms with Crippen LogP contribution in [0.2, 0.25) is 0 Å². The molecule has 1 aromatic rings. The molecule has 2 N–H and O–H groups in total. The smallest absolute Gasteiger partial charge is 0.191 e. The lowest BCUT2D eigenvalue weighted by Crippen LogP contribution is -2.51. The predicted octanol–water partition coefficient (Wildman–Crippen LogP) is 2.32. The average molecular weight is 336 g/mol. The number of aliphatic imine (C=N–C) groups is 1. The number of guanidine groups is 1. The van der Waals surface area contributed by atoms with Crippen molar-refractivity contribution in [1.29, 1.82) is 0 Å². The van der Waals surface area contributed by atoms with Gasteiger partial charge in [0, 0.05) is 39.0 Å². The van der Waals surface area contributed by atoms with Crippen molar-refractivity contribution in [1.82, 2.24) is 4.90 Å². The largest absolute Gasteiger partial charge is 0.379 e. The van der Waals surface area contributed by atoms with Crippen LogP contribution in [0.1, 0.15) is 20.8 Å². The Morgan fingerprint density at radius 3 is 2.29 bits per heavy atom. The molecule has 1 fully saturated rings. The Bertz CT molecular complexity index is 545. The molecule has 0 amide bonds. The zero-order valence-electron chi connectivity index (χ0n) is 15.1. The molecule has 0 aliphatic carbocycles. The third-order valence-corrected chi connectivity index (χ3v) is 4.46. The maximum Gasteiger partial charge on any atom is 0.191 e. The van der Waals surface area contributed by atoms with Crippen LogP contribution in [0.3, 0.4) is 0 Å². The standard InChI is InChI=1S/C18H29FN4O/c1-18(2,3)16(24-4)13-21-17(20)23-11-9-22(10-12-23)15-7-5-14(19)6-8-15/h5-8,16H,9-13H2,1-4H3,(H2,20,21). The van der Waals surface area contributed by atoms with E-state index >= 15 is 0 Å². The van der Waals surface area contributed by atoms with Crippen molar-refractivity contribution in [3.63, 3.8) is 0 Å². The van der Waals surface area contributed by atoms with E-state index in [-0.39, 0.29) is 17.3 Å². The molecular weight excluding hydrogens is 307 g/mol. The fraction of sp³-hybridized carbons (Fsp3) is 0.611. The lowest BCUT2D eigenvalue weighted by molar-refractivity contribution is 0.0240. The number of piperazine rings is 1. The van der Waals surface area contributed by atoms with Crippen LogP contribution >= 0.6 is 0 Å². The van der Waals surface area contributed by atoms with Crippen molar-refractivity contribution in [2.24, 2.45) is 16.1 Å². The van der Waals surface area contributed by atoms with Crippen LogP contribution in [-0.4, -0.2) is 56.8 Å². The van der Waals surface area contributed by atoms with E-state index in [9.17, 15) is 4.39 Å². The Labute approximate surface area is 144 Å². The highest BCUT2D eigenvalue weighted by Gasteiger charge is 2.25. The maximum absolute atomic E-state index is 13.0. The van der Waals surface area contributed by atoms with Crippen LogP contribution in [-0.2, 0) is 4.74 Å². The Kier molecular flexibility index (Phi) is 6.04. The highest BCUT2D eigenvalue weighted by molar-refractivity contribution is 5.78. The molecule has 1 aliphatic heterocycles. The highest BCUT2D eigenvalue weighted by Crippen LogP contribution is 2.22. The van der Waals surface area contributed by atoms with E-state index in [1.165, 1.54) is 12.1 Å². The highest BCUT2D eigenvalue weighted by atomic mass is 19.1. The summed E-state index contributed by atoms with van der Waals surface area (Å²) in [7, 11) is 1.71. The third-order valence-electron chi connectivity index (χ3n) is 4.46. The normalized spacial score (nSPS) is 18.0. The molecule has 0 saturated carbocycles. The van der Waals surface area contributed by atoms with E-state index in [1.807, 2.05) is 12.1 Å². The quantitative estimate of drug-likeness (QED) is 0.677. The van der Waals surface area contributed by atoms with Crippen molar-refractivity contribution in [2.45, 2.75) is 26.9 Å². The molecule has 1 heterocycles. The van der Waals surface area contributed by atoms with Gasteiger partial charge < -0.3 is 20.3 Å². The minimum Gasteiger partial charge on any atom is -0.379 e. The zero-order valence-corrected chi connectivity index (χ0v) is 15.1. The monoisotopic (exact) mass is 336 g/mol. The van der Waals surface area contributed by atoms with Crippen LogP contribution < -0.4 is 10.6 Å². The lowest BCUT2D eigenvalue weighted by Gasteiger charge is -2.37. The summed E-state index contributed by atoms with van der Waals surface area (Å²) < 4.78 is 18.5. The summed E-state index contributed by atoms with van der Waals surface area (Å²) in [6, 6.07) is 6.62. The number of hydrogen-bond donors (Lipinski definition) is 1. The summed E-state index contributed by atoms with van der Waals surface area (Å²) in [5, 5.41) is 0. The Balaban J connectivity index is 1.89. The summed E-state index contributed by atoms with van der Waals surface area (Å²) in [6.45, 7) is 10.3. The molecule has 1 aliphatic rings. The molecule has 6 heteroatoms. The second-order valence-corrected chi connectivity index (χ2v) is 7.24. The Hall–Kier alpha value is -1.82. The molecule has 0 aromatic heterocycles. The SMILES string of the molecule is COC(CN=C(N)N1CCN(c2ccc(F)cc2)CC1)C(C)(C)C. The van der Waals surface area contributed by atoms with Gasteiger partial charge in [-0.3, -0.25) is 4.99 Å². The molecule has 0 spiro atoms. The average Bonchev–Trinajstić information content (AvgIpc) is 2.55. The van der Waals surface area contributed by atoms with Gasteiger partial charge in [0.2, 0.25) is 0 Å². The summed E-state index contributed by atoms with van der Waals surface area (Å²) in [6.07, 6.45) is 0.0385. The molecule has 0 radical (unpaired) electrons. The summed E-state index contributed by atoms with van der Waals surface area (Å²) in [5.41, 5.74) is 7.22. The van der Waals surface area contributed by atoms with Gasteiger partial charge in [0.1, 0.15) is 5.82 Å². The molecule has 134 valence electrons. The fourth-order valence-corrected chi connectivity index (χ4v) is 2.82. The van der Waals surface area contributed by atoms with E-state index in [0.29, 0.717) is 12.5 Å². The van der Waals surface area contributed by atoms with Gasteiger partial charge in [-0.15, -0.1) is 0 Å². The van der Waals surface area contributed by atoms with Crippen molar-refractivity contribution in [2.75, 3.05) is 44.7 Å². The summed E-state index contributed by atoms with van der Waals surface area (Å²) >= 11 is 0. The van der Waals surface area contributed by atoms with Crippen molar-refractivity contribution < 1.29 is 9.13 Å². The molecule has 24 heavy (non-hydrogen) atoms. The first-order valence-electron chi connectivity index (χ1n) is 8.39. The number of ether oxygens (including phenoxy) is 1. The number of benzene rings is 1.